The van der Waals surface area contributed by atoms with Crippen LogP contribution >= 0.6 is 9.24 Å². The Morgan fingerprint density at radius 1 is 0.774 bits per heavy atom. The second kappa shape index (κ2) is 8.32. The first kappa shape index (κ1) is 23.4. The Hall–Kier alpha value is -2.31. The molecule has 0 aliphatic carbocycles. The van der Waals surface area contributed by atoms with Crippen LogP contribution in [-0.2, 0) is 10.8 Å². The second-order valence-corrected chi connectivity index (χ2v) is 11.2. The number of aromatic hydroxyl groups is 1. The van der Waals surface area contributed by atoms with Crippen LogP contribution in [0.3, 0.4) is 0 Å². The van der Waals surface area contributed by atoms with E-state index in [1.165, 1.54) is 11.1 Å². The molecule has 0 fully saturated rings. The summed E-state index contributed by atoms with van der Waals surface area (Å²) in [4.78, 5) is 0. The molecule has 1 atom stereocenters. The summed E-state index contributed by atoms with van der Waals surface area (Å²) in [5.74, 6) is 1.88. The van der Waals surface area contributed by atoms with Gasteiger partial charge in [0.05, 0.1) is 0 Å². The molecule has 0 saturated carbocycles. The van der Waals surface area contributed by atoms with E-state index in [1.807, 2.05) is 24.3 Å². The largest absolute Gasteiger partial charge is 0.507 e. The van der Waals surface area contributed by atoms with Crippen molar-refractivity contribution in [3.05, 3.63) is 70.8 Å². The number of aryl methyl sites for hydroxylation is 2. The molecule has 164 valence electrons. The van der Waals surface area contributed by atoms with Gasteiger partial charge in [-0.25, -0.2) is 0 Å². The summed E-state index contributed by atoms with van der Waals surface area (Å²) >= 11 is 0. The van der Waals surface area contributed by atoms with Gasteiger partial charge < -0.3 is 9.84 Å². The zero-order valence-corrected chi connectivity index (χ0v) is 21.2. The highest BCUT2D eigenvalue weighted by molar-refractivity contribution is 7.27. The SMILES string of the molecule is Cc1cc(Oc2c(P)cccc2-c2cc(C)cc(C(C)(C)C)c2O)cc(C(C)(C)C)c1. The van der Waals surface area contributed by atoms with E-state index in [-0.39, 0.29) is 10.8 Å². The number of ether oxygens (including phenoxy) is 1. The smallest absolute Gasteiger partial charge is 0.142 e. The molecule has 3 heteroatoms. The summed E-state index contributed by atoms with van der Waals surface area (Å²) < 4.78 is 6.50. The fraction of sp³-hybridized carbons (Fsp3) is 0.357. The van der Waals surface area contributed by atoms with Crippen LogP contribution < -0.4 is 10.0 Å². The predicted molar refractivity (Wildman–Crippen MR) is 136 cm³/mol. The van der Waals surface area contributed by atoms with E-state index in [4.69, 9.17) is 4.74 Å². The summed E-state index contributed by atoms with van der Waals surface area (Å²) in [5, 5.41) is 12.2. The molecule has 3 aromatic carbocycles. The van der Waals surface area contributed by atoms with Crippen LogP contribution in [0.1, 0.15) is 63.8 Å². The van der Waals surface area contributed by atoms with Gasteiger partial charge in [-0.3, -0.25) is 0 Å². The van der Waals surface area contributed by atoms with Crippen molar-refractivity contribution in [2.24, 2.45) is 0 Å². The summed E-state index contributed by atoms with van der Waals surface area (Å²) in [6.07, 6.45) is 0. The molecule has 3 rings (SSSR count). The molecule has 1 unspecified atom stereocenters. The number of rotatable bonds is 3. The fourth-order valence-corrected chi connectivity index (χ4v) is 4.12. The molecule has 0 radical (unpaired) electrons. The third kappa shape index (κ3) is 5.13. The van der Waals surface area contributed by atoms with Gasteiger partial charge in [-0.05, 0) is 59.6 Å². The van der Waals surface area contributed by atoms with E-state index in [9.17, 15) is 5.11 Å². The van der Waals surface area contributed by atoms with Gasteiger partial charge in [0.25, 0.3) is 0 Å². The molecule has 0 aliphatic rings. The molecule has 0 bridgehead atoms. The number of para-hydroxylation sites is 1. The van der Waals surface area contributed by atoms with Gasteiger partial charge in [-0.15, -0.1) is 9.24 Å². The van der Waals surface area contributed by atoms with Crippen LogP contribution in [0.4, 0.5) is 0 Å². The second-order valence-electron chi connectivity index (χ2n) is 10.6. The molecule has 0 heterocycles. The predicted octanol–water partition coefficient (Wildman–Crippen LogP) is 7.56. The Balaban J connectivity index is 2.18. The van der Waals surface area contributed by atoms with Crippen LogP contribution in [0.15, 0.2) is 48.5 Å². The van der Waals surface area contributed by atoms with Gasteiger partial charge in [-0.2, -0.15) is 0 Å². The Bertz CT molecular complexity index is 1120. The Morgan fingerprint density at radius 2 is 1.42 bits per heavy atom. The number of benzene rings is 3. The fourth-order valence-electron chi connectivity index (χ4n) is 3.79. The van der Waals surface area contributed by atoms with Gasteiger partial charge in [0.15, 0.2) is 0 Å². The van der Waals surface area contributed by atoms with E-state index >= 15 is 0 Å². The highest BCUT2D eigenvalue weighted by Gasteiger charge is 2.23. The van der Waals surface area contributed by atoms with Gasteiger partial charge >= 0.3 is 0 Å². The van der Waals surface area contributed by atoms with E-state index in [0.717, 1.165) is 39.1 Å². The van der Waals surface area contributed by atoms with Gasteiger partial charge in [-0.1, -0.05) is 71.9 Å². The van der Waals surface area contributed by atoms with Crippen molar-refractivity contribution in [1.82, 2.24) is 0 Å². The van der Waals surface area contributed by atoms with Crippen LogP contribution in [0.5, 0.6) is 17.2 Å². The monoisotopic (exact) mass is 434 g/mol. The van der Waals surface area contributed by atoms with E-state index < -0.39 is 0 Å². The summed E-state index contributed by atoms with van der Waals surface area (Å²) in [7, 11) is 2.77. The van der Waals surface area contributed by atoms with Crippen molar-refractivity contribution in [2.75, 3.05) is 0 Å². The van der Waals surface area contributed by atoms with Crippen molar-refractivity contribution in [2.45, 2.75) is 66.2 Å². The number of hydrogen-bond acceptors (Lipinski definition) is 2. The lowest BCUT2D eigenvalue weighted by molar-refractivity contribution is 0.447. The minimum atomic E-state index is -0.164. The minimum absolute atomic E-state index is 0.0316. The van der Waals surface area contributed by atoms with E-state index in [0.29, 0.717) is 5.75 Å². The molecule has 0 spiro atoms. The lowest BCUT2D eigenvalue weighted by atomic mass is 9.83. The third-order valence-corrected chi connectivity index (χ3v) is 5.99. The Kier molecular flexibility index (Phi) is 6.27. The zero-order valence-electron chi connectivity index (χ0n) is 20.1. The molecule has 2 nitrogen and oxygen atoms in total. The first-order valence-electron chi connectivity index (χ1n) is 10.8. The highest BCUT2D eigenvalue weighted by Crippen LogP contribution is 2.43. The van der Waals surface area contributed by atoms with Crippen LogP contribution in [0.2, 0.25) is 0 Å². The Morgan fingerprint density at radius 3 is 2.03 bits per heavy atom. The molecule has 3 aromatic rings. The van der Waals surface area contributed by atoms with Crippen LogP contribution in [0, 0.1) is 13.8 Å². The Labute approximate surface area is 189 Å². The summed E-state index contributed by atoms with van der Waals surface area (Å²) in [6, 6.07) is 16.5. The maximum absolute atomic E-state index is 11.2. The number of phenolic OH excluding ortho intramolecular Hbond substituents is 1. The molecule has 0 aliphatic heterocycles. The zero-order chi connectivity index (χ0) is 23.1. The van der Waals surface area contributed by atoms with Crippen LogP contribution in [0.25, 0.3) is 11.1 Å². The first-order chi connectivity index (χ1) is 14.3. The lowest BCUT2D eigenvalue weighted by Crippen LogP contribution is -2.12. The van der Waals surface area contributed by atoms with Gasteiger partial charge in [0, 0.05) is 22.0 Å². The van der Waals surface area contributed by atoms with E-state index in [2.05, 4.69) is 88.9 Å². The highest BCUT2D eigenvalue weighted by atomic mass is 31.0. The van der Waals surface area contributed by atoms with Crippen molar-refractivity contribution < 1.29 is 9.84 Å². The topological polar surface area (TPSA) is 29.5 Å². The molecule has 0 aromatic heterocycles. The minimum Gasteiger partial charge on any atom is -0.507 e. The maximum Gasteiger partial charge on any atom is 0.142 e. The van der Waals surface area contributed by atoms with Crippen molar-refractivity contribution in [3.8, 4) is 28.4 Å². The standard InChI is InChI=1S/C28H35O2P/c1-17-12-19(27(3,4)5)16-20(13-17)30-26-21(10-9-11-24(26)31)22-14-18(2)15-23(25(22)29)28(6,7)8/h9-16,29H,31H2,1-8H3. The third-order valence-electron chi connectivity index (χ3n) is 5.53. The molecule has 0 saturated heterocycles. The molecular weight excluding hydrogens is 399 g/mol. The average Bonchev–Trinajstić information content (AvgIpc) is 2.63. The number of hydrogen-bond donors (Lipinski definition) is 1. The first-order valence-corrected chi connectivity index (χ1v) is 11.4. The quantitative estimate of drug-likeness (QED) is 0.431. The molecular formula is C28H35O2P. The summed E-state index contributed by atoms with van der Waals surface area (Å²) in [5.41, 5.74) is 6.01. The molecule has 31 heavy (non-hydrogen) atoms. The number of phenols is 1. The average molecular weight is 435 g/mol. The molecule has 1 N–H and O–H groups in total. The summed E-state index contributed by atoms with van der Waals surface area (Å²) in [6.45, 7) is 17.1. The van der Waals surface area contributed by atoms with Crippen molar-refractivity contribution >= 4 is 14.5 Å². The lowest BCUT2D eigenvalue weighted by Gasteiger charge is -2.24. The van der Waals surface area contributed by atoms with Crippen molar-refractivity contribution in [1.29, 1.82) is 0 Å². The van der Waals surface area contributed by atoms with Gasteiger partial charge in [0.2, 0.25) is 0 Å². The van der Waals surface area contributed by atoms with Crippen LogP contribution in [-0.4, -0.2) is 5.11 Å². The van der Waals surface area contributed by atoms with E-state index in [1.54, 1.807) is 0 Å². The maximum atomic E-state index is 11.2. The van der Waals surface area contributed by atoms with Gasteiger partial charge in [0.1, 0.15) is 17.2 Å². The normalized spacial score (nSPS) is 12.2. The molecule has 0 amide bonds. The van der Waals surface area contributed by atoms with Crippen molar-refractivity contribution in [3.63, 3.8) is 0 Å².